The van der Waals surface area contributed by atoms with Gasteiger partial charge in [-0.1, -0.05) is 0 Å². The highest BCUT2D eigenvalue weighted by atomic mass is 16.2. The van der Waals surface area contributed by atoms with Crippen LogP contribution < -0.4 is 11.0 Å². The van der Waals surface area contributed by atoms with Gasteiger partial charge in [0.2, 0.25) is 5.91 Å². The van der Waals surface area contributed by atoms with Crippen molar-refractivity contribution in [3.63, 3.8) is 0 Å². The van der Waals surface area contributed by atoms with Gasteiger partial charge < -0.3 is 10.3 Å². The van der Waals surface area contributed by atoms with Crippen LogP contribution in [0.3, 0.4) is 0 Å². The SMILES string of the molecule is Cc1cc(NC(=O)C23CC4CC(CC(C4)C2)C3)nc(=O)[nH]1. The number of aromatic nitrogens is 2. The smallest absolute Gasteiger partial charge is 0.310 e. The quantitative estimate of drug-likeness (QED) is 0.876. The van der Waals surface area contributed by atoms with Crippen LogP contribution in [0.2, 0.25) is 0 Å². The first-order chi connectivity index (χ1) is 10.0. The Morgan fingerprint density at radius 2 is 1.81 bits per heavy atom. The number of anilines is 1. The van der Waals surface area contributed by atoms with Crippen LogP contribution >= 0.6 is 0 Å². The standard InChI is InChI=1S/C16H21N3O2/c1-9-2-13(19-15(21)17-9)18-14(20)16-6-10-3-11(7-16)5-12(4-10)8-16/h2,10-12H,3-8H2,1H3,(H2,17,18,19,20,21). The van der Waals surface area contributed by atoms with Crippen LogP contribution in [0, 0.1) is 30.1 Å². The fourth-order valence-electron chi connectivity index (χ4n) is 5.28. The number of amides is 1. The third-order valence-electron chi connectivity index (χ3n) is 5.64. The molecule has 5 heteroatoms. The van der Waals surface area contributed by atoms with Crippen molar-refractivity contribution < 1.29 is 4.79 Å². The van der Waals surface area contributed by atoms with Crippen molar-refractivity contribution >= 4 is 11.7 Å². The molecule has 1 amide bonds. The van der Waals surface area contributed by atoms with Gasteiger partial charge in [-0.05, 0) is 63.2 Å². The van der Waals surface area contributed by atoms with Gasteiger partial charge in [-0.2, -0.15) is 4.98 Å². The Morgan fingerprint density at radius 3 is 2.33 bits per heavy atom. The molecule has 112 valence electrons. The lowest BCUT2D eigenvalue weighted by Gasteiger charge is -2.55. The van der Waals surface area contributed by atoms with E-state index in [2.05, 4.69) is 15.3 Å². The summed E-state index contributed by atoms with van der Waals surface area (Å²) in [4.78, 5) is 30.7. The summed E-state index contributed by atoms with van der Waals surface area (Å²) >= 11 is 0. The highest BCUT2D eigenvalue weighted by Gasteiger charge is 2.54. The lowest BCUT2D eigenvalue weighted by Crippen LogP contribution is -2.51. The maximum absolute atomic E-state index is 12.8. The molecule has 0 aliphatic heterocycles. The number of aryl methyl sites for hydroxylation is 1. The average Bonchev–Trinajstić information content (AvgIpc) is 2.35. The number of hydrogen-bond donors (Lipinski definition) is 2. The second-order valence-corrected chi connectivity index (χ2v) is 7.41. The van der Waals surface area contributed by atoms with Gasteiger partial charge in [-0.15, -0.1) is 0 Å². The van der Waals surface area contributed by atoms with Crippen LogP contribution in [-0.2, 0) is 4.79 Å². The zero-order valence-electron chi connectivity index (χ0n) is 12.3. The largest absolute Gasteiger partial charge is 0.347 e. The molecule has 0 spiro atoms. The topological polar surface area (TPSA) is 74.8 Å². The maximum Gasteiger partial charge on any atom is 0.347 e. The maximum atomic E-state index is 12.8. The summed E-state index contributed by atoms with van der Waals surface area (Å²) in [7, 11) is 0. The zero-order valence-corrected chi connectivity index (χ0v) is 12.3. The van der Waals surface area contributed by atoms with E-state index < -0.39 is 5.69 Å². The lowest BCUT2D eigenvalue weighted by atomic mass is 9.49. The Balaban J connectivity index is 1.58. The van der Waals surface area contributed by atoms with Gasteiger partial charge in [-0.25, -0.2) is 4.79 Å². The van der Waals surface area contributed by atoms with Gasteiger partial charge in [0.05, 0.1) is 5.41 Å². The van der Waals surface area contributed by atoms with Crippen LogP contribution in [0.4, 0.5) is 5.82 Å². The van der Waals surface area contributed by atoms with Crippen molar-refractivity contribution in [3.8, 4) is 0 Å². The minimum Gasteiger partial charge on any atom is -0.310 e. The lowest BCUT2D eigenvalue weighted by molar-refractivity contribution is -0.140. The predicted molar refractivity (Wildman–Crippen MR) is 78.8 cm³/mol. The van der Waals surface area contributed by atoms with E-state index >= 15 is 0 Å². The van der Waals surface area contributed by atoms with Gasteiger partial charge >= 0.3 is 5.69 Å². The number of nitrogens with zero attached hydrogens (tertiary/aromatic N) is 1. The summed E-state index contributed by atoms with van der Waals surface area (Å²) in [5.41, 5.74) is 0.110. The van der Waals surface area contributed by atoms with E-state index in [0.29, 0.717) is 5.82 Å². The van der Waals surface area contributed by atoms with Crippen molar-refractivity contribution in [1.29, 1.82) is 0 Å². The molecule has 4 saturated carbocycles. The Hall–Kier alpha value is -1.65. The second-order valence-electron chi connectivity index (χ2n) is 7.41. The summed E-state index contributed by atoms with van der Waals surface area (Å²) < 4.78 is 0. The summed E-state index contributed by atoms with van der Waals surface area (Å²) in [6.45, 7) is 1.80. The molecule has 5 nitrogen and oxygen atoms in total. The van der Waals surface area contributed by atoms with Gasteiger partial charge in [0.25, 0.3) is 0 Å². The number of nitrogens with one attached hydrogen (secondary N) is 2. The van der Waals surface area contributed by atoms with Crippen molar-refractivity contribution in [1.82, 2.24) is 9.97 Å². The molecule has 4 aliphatic rings. The molecule has 0 aromatic carbocycles. The fourth-order valence-corrected chi connectivity index (χ4v) is 5.28. The summed E-state index contributed by atoms with van der Waals surface area (Å²) in [5, 5.41) is 2.91. The van der Waals surface area contributed by atoms with Gasteiger partial charge in [-0.3, -0.25) is 4.79 Å². The number of hydrogen-bond acceptors (Lipinski definition) is 3. The molecule has 0 radical (unpaired) electrons. The summed E-state index contributed by atoms with van der Waals surface area (Å²) in [6.07, 6.45) is 7.01. The first kappa shape index (κ1) is 13.0. The molecular formula is C16H21N3O2. The molecule has 2 N–H and O–H groups in total. The molecule has 4 bridgehead atoms. The zero-order chi connectivity index (χ0) is 14.6. The molecule has 1 aromatic heterocycles. The minimum absolute atomic E-state index is 0.0825. The van der Waals surface area contributed by atoms with Crippen LogP contribution in [0.25, 0.3) is 0 Å². The van der Waals surface area contributed by atoms with E-state index in [4.69, 9.17) is 0 Å². The molecule has 0 saturated heterocycles. The Morgan fingerprint density at radius 1 is 1.24 bits per heavy atom. The van der Waals surface area contributed by atoms with Crippen LogP contribution in [-0.4, -0.2) is 15.9 Å². The van der Waals surface area contributed by atoms with Crippen molar-refractivity contribution in [2.24, 2.45) is 23.2 Å². The normalized spacial score (nSPS) is 36.7. The number of carbonyl (C=O) groups excluding carboxylic acids is 1. The molecule has 0 atom stereocenters. The molecule has 0 unspecified atom stereocenters. The Kier molecular flexibility index (Phi) is 2.75. The molecule has 4 fully saturated rings. The highest BCUT2D eigenvalue weighted by Crippen LogP contribution is 2.60. The molecule has 21 heavy (non-hydrogen) atoms. The van der Waals surface area contributed by atoms with Crippen molar-refractivity contribution in [3.05, 3.63) is 22.2 Å². The van der Waals surface area contributed by atoms with Gasteiger partial charge in [0.15, 0.2) is 0 Å². The van der Waals surface area contributed by atoms with E-state index in [1.165, 1.54) is 19.3 Å². The number of aromatic amines is 1. The molecular weight excluding hydrogens is 266 g/mol. The van der Waals surface area contributed by atoms with E-state index in [1.807, 2.05) is 0 Å². The van der Waals surface area contributed by atoms with Gasteiger partial charge in [0.1, 0.15) is 5.82 Å². The second kappa shape index (κ2) is 4.42. The highest BCUT2D eigenvalue weighted by molar-refractivity contribution is 5.94. The number of carbonyl (C=O) groups is 1. The van der Waals surface area contributed by atoms with E-state index in [9.17, 15) is 9.59 Å². The molecule has 1 heterocycles. The van der Waals surface area contributed by atoms with Crippen LogP contribution in [0.15, 0.2) is 10.9 Å². The van der Waals surface area contributed by atoms with Gasteiger partial charge in [0, 0.05) is 11.8 Å². The monoisotopic (exact) mass is 287 g/mol. The third kappa shape index (κ3) is 2.19. The average molecular weight is 287 g/mol. The molecule has 1 aromatic rings. The van der Waals surface area contributed by atoms with Crippen molar-refractivity contribution in [2.75, 3.05) is 5.32 Å². The van der Waals surface area contributed by atoms with E-state index in [0.717, 1.165) is 42.7 Å². The van der Waals surface area contributed by atoms with E-state index in [1.54, 1.807) is 13.0 Å². The number of rotatable bonds is 2. The minimum atomic E-state index is -0.407. The van der Waals surface area contributed by atoms with Crippen LogP contribution in [0.5, 0.6) is 0 Å². The predicted octanol–water partition coefficient (Wildman–Crippen LogP) is 2.23. The molecule has 5 rings (SSSR count). The first-order valence-corrected chi connectivity index (χ1v) is 7.92. The first-order valence-electron chi connectivity index (χ1n) is 7.92. The summed E-state index contributed by atoms with van der Waals surface area (Å²) in [5.74, 6) is 2.67. The third-order valence-corrected chi connectivity index (χ3v) is 5.64. The number of H-pyrrole nitrogens is 1. The Labute approximate surface area is 123 Å². The van der Waals surface area contributed by atoms with Crippen molar-refractivity contribution in [2.45, 2.75) is 45.4 Å². The van der Waals surface area contributed by atoms with Crippen LogP contribution in [0.1, 0.15) is 44.2 Å². The Bertz CT molecular complexity index is 614. The fraction of sp³-hybridized carbons (Fsp3) is 0.688. The summed E-state index contributed by atoms with van der Waals surface area (Å²) in [6, 6.07) is 1.72. The molecule has 4 aliphatic carbocycles. The van der Waals surface area contributed by atoms with E-state index in [-0.39, 0.29) is 11.3 Å².